The van der Waals surface area contributed by atoms with Gasteiger partial charge in [-0.05, 0) is 60.9 Å². The van der Waals surface area contributed by atoms with Crippen LogP contribution in [0.4, 0.5) is 0 Å². The Hall–Kier alpha value is -2.99. The molecule has 1 atom stereocenters. The summed E-state index contributed by atoms with van der Waals surface area (Å²) in [6.45, 7) is 4.57. The van der Waals surface area contributed by atoms with Crippen LogP contribution in [-0.2, 0) is 16.0 Å². The highest BCUT2D eigenvalue weighted by Crippen LogP contribution is 2.30. The third-order valence-corrected chi connectivity index (χ3v) is 4.47. The van der Waals surface area contributed by atoms with Gasteiger partial charge in [0.1, 0.15) is 12.4 Å². The van der Waals surface area contributed by atoms with Gasteiger partial charge >= 0.3 is 5.97 Å². The largest absolute Gasteiger partial charge is 0.493 e. The van der Waals surface area contributed by atoms with E-state index in [-0.39, 0.29) is 0 Å². The number of benzene rings is 2. The monoisotopic (exact) mass is 400 g/mol. The highest BCUT2D eigenvalue weighted by atomic mass is 16.5. The summed E-state index contributed by atoms with van der Waals surface area (Å²) in [4.78, 5) is 11.2. The second-order valence-electron chi connectivity index (χ2n) is 6.40. The molecule has 0 bridgehead atoms. The fourth-order valence-corrected chi connectivity index (χ4v) is 2.82. The van der Waals surface area contributed by atoms with Gasteiger partial charge in [0.15, 0.2) is 17.6 Å². The Morgan fingerprint density at radius 2 is 1.76 bits per heavy atom. The normalized spacial score (nSPS) is 12.3. The van der Waals surface area contributed by atoms with E-state index < -0.39 is 12.1 Å². The highest BCUT2D eigenvalue weighted by Gasteiger charge is 2.17. The van der Waals surface area contributed by atoms with Crippen molar-refractivity contribution in [3.05, 3.63) is 59.7 Å². The Bertz CT molecular complexity index is 826. The highest BCUT2D eigenvalue weighted by molar-refractivity contribution is 5.72. The van der Waals surface area contributed by atoms with Gasteiger partial charge in [-0.25, -0.2) is 4.79 Å². The van der Waals surface area contributed by atoms with Crippen molar-refractivity contribution in [3.8, 4) is 17.2 Å². The maximum Gasteiger partial charge on any atom is 0.333 e. The van der Waals surface area contributed by atoms with Crippen LogP contribution in [-0.4, -0.2) is 44.6 Å². The van der Waals surface area contributed by atoms with E-state index in [2.05, 4.69) is 0 Å². The van der Waals surface area contributed by atoms with Gasteiger partial charge in [0.25, 0.3) is 0 Å². The Labute approximate surface area is 171 Å². The average molecular weight is 400 g/mol. The summed E-state index contributed by atoms with van der Waals surface area (Å²) in [5.41, 5.74) is 2.97. The minimum absolute atomic E-state index is 0.321. The van der Waals surface area contributed by atoms with Crippen molar-refractivity contribution < 1.29 is 28.8 Å². The van der Waals surface area contributed by atoms with Crippen LogP contribution >= 0.6 is 0 Å². The minimum Gasteiger partial charge on any atom is -0.493 e. The van der Waals surface area contributed by atoms with Gasteiger partial charge in [0.2, 0.25) is 0 Å². The van der Waals surface area contributed by atoms with Gasteiger partial charge in [-0.2, -0.15) is 0 Å². The maximum atomic E-state index is 11.2. The predicted molar refractivity (Wildman–Crippen MR) is 112 cm³/mol. The number of methoxy groups -OCH3 is 2. The molecule has 0 saturated carbocycles. The molecule has 2 aromatic rings. The van der Waals surface area contributed by atoms with Crippen LogP contribution in [0.15, 0.2) is 48.5 Å². The van der Waals surface area contributed by atoms with Gasteiger partial charge < -0.3 is 24.1 Å². The molecule has 1 unspecified atom stereocenters. The molecule has 0 radical (unpaired) electrons. The summed E-state index contributed by atoms with van der Waals surface area (Å²) >= 11 is 0. The Kier molecular flexibility index (Phi) is 8.55. The lowest BCUT2D eigenvalue weighted by Gasteiger charge is -2.13. The molecule has 156 valence electrons. The van der Waals surface area contributed by atoms with E-state index in [0.717, 1.165) is 16.7 Å². The average Bonchev–Trinajstić information content (AvgIpc) is 2.73. The quantitative estimate of drug-likeness (QED) is 0.609. The third-order valence-electron chi connectivity index (χ3n) is 4.47. The minimum atomic E-state index is -0.956. The summed E-state index contributed by atoms with van der Waals surface area (Å²) in [6.07, 6.45) is 1.48. The Morgan fingerprint density at radius 3 is 2.34 bits per heavy atom. The van der Waals surface area contributed by atoms with E-state index in [0.29, 0.717) is 36.9 Å². The SMILES string of the molecule is CCOC(Cc1ccc(OC/C=C(\C)c2ccc(OC)c(OC)c2)cc1)C(=O)O. The van der Waals surface area contributed by atoms with Crippen molar-refractivity contribution in [2.24, 2.45) is 0 Å². The predicted octanol–water partition coefficient (Wildman–Crippen LogP) is 4.22. The zero-order valence-corrected chi connectivity index (χ0v) is 17.3. The first-order valence-electron chi connectivity index (χ1n) is 9.43. The van der Waals surface area contributed by atoms with E-state index in [1.807, 2.05) is 55.5 Å². The lowest BCUT2D eigenvalue weighted by atomic mass is 10.1. The topological polar surface area (TPSA) is 74.2 Å². The van der Waals surface area contributed by atoms with Gasteiger partial charge in [-0.1, -0.05) is 18.2 Å². The molecule has 0 aromatic heterocycles. The third kappa shape index (κ3) is 6.54. The molecule has 2 rings (SSSR count). The van der Waals surface area contributed by atoms with Crippen LogP contribution in [0.5, 0.6) is 17.2 Å². The van der Waals surface area contributed by atoms with E-state index in [1.165, 1.54) is 0 Å². The summed E-state index contributed by atoms with van der Waals surface area (Å²) in [6, 6.07) is 13.2. The Morgan fingerprint density at radius 1 is 1.07 bits per heavy atom. The second kappa shape index (κ2) is 11.1. The standard InChI is InChI=1S/C23H28O6/c1-5-28-22(23(24)25)14-17-6-9-19(10-7-17)29-13-12-16(2)18-8-11-20(26-3)21(15-18)27-4/h6-12,15,22H,5,13-14H2,1-4H3,(H,24,25)/b16-12+. The number of rotatable bonds is 11. The summed E-state index contributed by atoms with van der Waals surface area (Å²) in [5, 5.41) is 9.17. The van der Waals surface area contributed by atoms with Crippen molar-refractivity contribution in [2.45, 2.75) is 26.4 Å². The number of carboxylic acids is 1. The maximum absolute atomic E-state index is 11.2. The van der Waals surface area contributed by atoms with Crippen molar-refractivity contribution >= 4 is 11.5 Å². The molecule has 0 aliphatic carbocycles. The fourth-order valence-electron chi connectivity index (χ4n) is 2.82. The molecular weight excluding hydrogens is 372 g/mol. The summed E-state index contributed by atoms with van der Waals surface area (Å²) in [7, 11) is 3.22. The van der Waals surface area contributed by atoms with Crippen molar-refractivity contribution in [1.29, 1.82) is 0 Å². The number of hydrogen-bond acceptors (Lipinski definition) is 5. The van der Waals surface area contributed by atoms with E-state index in [9.17, 15) is 9.90 Å². The van der Waals surface area contributed by atoms with Crippen LogP contribution in [0.3, 0.4) is 0 Å². The lowest BCUT2D eigenvalue weighted by molar-refractivity contribution is -0.149. The number of carboxylic acid groups (broad SMARTS) is 1. The van der Waals surface area contributed by atoms with Crippen LogP contribution in [0.25, 0.3) is 5.57 Å². The van der Waals surface area contributed by atoms with E-state index in [1.54, 1.807) is 21.1 Å². The van der Waals surface area contributed by atoms with Crippen molar-refractivity contribution in [3.63, 3.8) is 0 Å². The zero-order valence-electron chi connectivity index (χ0n) is 17.3. The molecule has 0 spiro atoms. The molecule has 0 amide bonds. The fraction of sp³-hybridized carbons (Fsp3) is 0.348. The molecule has 29 heavy (non-hydrogen) atoms. The van der Waals surface area contributed by atoms with Crippen molar-refractivity contribution in [2.75, 3.05) is 27.4 Å². The first-order chi connectivity index (χ1) is 14.0. The van der Waals surface area contributed by atoms with Gasteiger partial charge in [-0.3, -0.25) is 0 Å². The molecule has 0 fully saturated rings. The van der Waals surface area contributed by atoms with Crippen molar-refractivity contribution in [1.82, 2.24) is 0 Å². The first-order valence-corrected chi connectivity index (χ1v) is 9.43. The van der Waals surface area contributed by atoms with Crippen LogP contribution in [0, 0.1) is 0 Å². The molecule has 0 aliphatic rings. The molecule has 0 aliphatic heterocycles. The van der Waals surface area contributed by atoms with Crippen LogP contribution in [0.1, 0.15) is 25.0 Å². The Balaban J connectivity index is 1.95. The molecule has 1 N–H and O–H groups in total. The van der Waals surface area contributed by atoms with Gasteiger partial charge in [0, 0.05) is 13.0 Å². The summed E-state index contributed by atoms with van der Waals surface area (Å²) in [5.74, 6) is 1.13. The second-order valence-corrected chi connectivity index (χ2v) is 6.40. The molecule has 0 saturated heterocycles. The first kappa shape index (κ1) is 22.3. The number of allylic oxidation sites excluding steroid dienone is 1. The smallest absolute Gasteiger partial charge is 0.333 e. The molecule has 2 aromatic carbocycles. The molecular formula is C23H28O6. The van der Waals surface area contributed by atoms with E-state index in [4.69, 9.17) is 18.9 Å². The van der Waals surface area contributed by atoms with Gasteiger partial charge in [-0.15, -0.1) is 0 Å². The molecule has 6 heteroatoms. The number of hydrogen-bond donors (Lipinski definition) is 1. The molecule has 6 nitrogen and oxygen atoms in total. The number of ether oxygens (including phenoxy) is 4. The lowest BCUT2D eigenvalue weighted by Crippen LogP contribution is -2.26. The van der Waals surface area contributed by atoms with E-state index >= 15 is 0 Å². The van der Waals surface area contributed by atoms with Gasteiger partial charge in [0.05, 0.1) is 14.2 Å². The number of aliphatic carboxylic acids is 1. The summed E-state index contributed by atoms with van der Waals surface area (Å²) < 4.78 is 21.6. The molecule has 0 heterocycles. The zero-order chi connectivity index (χ0) is 21.2. The van der Waals surface area contributed by atoms with Crippen LogP contribution in [0.2, 0.25) is 0 Å². The van der Waals surface area contributed by atoms with Crippen LogP contribution < -0.4 is 14.2 Å². The number of carbonyl (C=O) groups is 1.